The average Bonchev–Trinajstić information content (AvgIpc) is 2.85. The van der Waals surface area contributed by atoms with Gasteiger partial charge in [-0.05, 0) is 41.9 Å². The summed E-state index contributed by atoms with van der Waals surface area (Å²) in [5.74, 6) is 13.8. The van der Waals surface area contributed by atoms with Gasteiger partial charge in [0.1, 0.15) is 6.61 Å². The molecule has 1 atom stereocenters. The Kier molecular flexibility index (Phi) is 38.6. The number of hydrogen-bond acceptors (Lipinski definition) is 8. The first kappa shape index (κ1) is 46.6. The van der Waals surface area contributed by atoms with Crippen molar-refractivity contribution in [3.05, 3.63) is 0 Å². The molecule has 0 heterocycles. The number of phosphoric ester groups is 1. The minimum absolute atomic E-state index is 0. The summed E-state index contributed by atoms with van der Waals surface area (Å²) in [4.78, 5) is 45.3. The molecule has 0 aromatic heterocycles. The Morgan fingerprint density at radius 3 is 1.77 bits per heavy atom. The molecular weight excluding hydrogens is 573 g/mol. The quantitative estimate of drug-likeness (QED) is 0.0432. The number of unbranched alkanes of at least 4 members (excludes halogenated alkanes) is 12. The van der Waals surface area contributed by atoms with Gasteiger partial charge >= 0.3 is 71.1 Å². The van der Waals surface area contributed by atoms with Crippen LogP contribution in [-0.2, 0) is 28.2 Å². The van der Waals surface area contributed by atoms with Gasteiger partial charge in [0.2, 0.25) is 0 Å². The minimum Gasteiger partial charge on any atom is -0.790 e. The van der Waals surface area contributed by atoms with Crippen molar-refractivity contribution in [1.82, 2.24) is 0 Å². The fraction of sp³-hybridized carbons (Fsp3) is 0.643. The molecule has 40 heavy (non-hydrogen) atoms. The number of ether oxygens (including phenoxy) is 2. The van der Waals surface area contributed by atoms with Crippen LogP contribution in [0, 0.1) is 47.9 Å². The Labute approximate surface area is 302 Å². The van der Waals surface area contributed by atoms with Gasteiger partial charge in [-0.25, -0.2) is 4.79 Å². The number of carbonyl (C=O) groups is 2. The van der Waals surface area contributed by atoms with Crippen LogP contribution >= 0.6 is 21.3 Å². The minimum atomic E-state index is -5.30. The Bertz CT molecular complexity index is 974. The van der Waals surface area contributed by atoms with Crippen LogP contribution in [0.5, 0.6) is 0 Å². The third-order valence-electron chi connectivity index (χ3n) is 5.09. The Balaban J connectivity index is -0.000000144. The van der Waals surface area contributed by atoms with E-state index in [0.29, 0.717) is 6.42 Å². The van der Waals surface area contributed by atoms with E-state index in [0.717, 1.165) is 19.3 Å². The SMILES string of the molecule is C#CC#CC#CC#CC(=O)OC[C@H](COP(=O)([O-])[O-])OC(=O)CCCCCCCCCCCCCCC.S.[HH].[HH].[HH].[HH].[HH].[HH].[HH].[Na+].[Na+]. The van der Waals surface area contributed by atoms with Gasteiger partial charge in [0, 0.05) is 22.3 Å². The molecule has 226 valence electrons. The van der Waals surface area contributed by atoms with Gasteiger partial charge in [-0.3, -0.25) is 4.79 Å². The second-order valence-electron chi connectivity index (χ2n) is 8.34. The summed E-state index contributed by atoms with van der Waals surface area (Å²) in [7, 11) is -5.30. The molecule has 0 spiro atoms. The maximum absolute atomic E-state index is 12.1. The van der Waals surface area contributed by atoms with Crippen molar-refractivity contribution in [2.45, 2.75) is 103 Å². The normalized spacial score (nSPS) is 10.1. The first-order chi connectivity index (χ1) is 17.8. The van der Waals surface area contributed by atoms with Gasteiger partial charge in [-0.15, -0.1) is 6.42 Å². The third-order valence-corrected chi connectivity index (χ3v) is 5.55. The van der Waals surface area contributed by atoms with Crippen LogP contribution in [0.1, 0.15) is 107 Å². The number of terminal acetylenes is 1. The summed E-state index contributed by atoms with van der Waals surface area (Å²) in [6, 6.07) is 0. The van der Waals surface area contributed by atoms with Crippen molar-refractivity contribution in [3.63, 3.8) is 0 Å². The fourth-order valence-corrected chi connectivity index (χ4v) is 3.59. The van der Waals surface area contributed by atoms with Gasteiger partial charge in [-0.1, -0.05) is 84.0 Å². The summed E-state index contributed by atoms with van der Waals surface area (Å²) in [5, 5.41) is 0. The summed E-state index contributed by atoms with van der Waals surface area (Å²) >= 11 is 0. The van der Waals surface area contributed by atoms with Crippen molar-refractivity contribution in [1.29, 1.82) is 0 Å². The predicted molar refractivity (Wildman–Crippen MR) is 162 cm³/mol. The van der Waals surface area contributed by atoms with E-state index in [9.17, 15) is 23.9 Å². The predicted octanol–water partition coefficient (Wildman–Crippen LogP) is -0.746. The van der Waals surface area contributed by atoms with Crippen LogP contribution in [0.4, 0.5) is 0 Å². The van der Waals surface area contributed by atoms with E-state index in [1.807, 2.05) is 0 Å². The van der Waals surface area contributed by atoms with E-state index < -0.39 is 39.1 Å². The van der Waals surface area contributed by atoms with Gasteiger partial charge in [0.25, 0.3) is 0 Å². The van der Waals surface area contributed by atoms with Crippen molar-refractivity contribution >= 4 is 33.3 Å². The van der Waals surface area contributed by atoms with E-state index in [-0.39, 0.29) is 89.0 Å². The summed E-state index contributed by atoms with van der Waals surface area (Å²) in [6.07, 6.45) is 18.9. The largest absolute Gasteiger partial charge is 1.00 e. The van der Waals surface area contributed by atoms with Gasteiger partial charge < -0.3 is 28.3 Å². The molecule has 0 aliphatic carbocycles. The fourth-order valence-electron chi connectivity index (χ4n) is 3.24. The molecule has 0 bridgehead atoms. The van der Waals surface area contributed by atoms with E-state index in [1.54, 1.807) is 0 Å². The molecule has 0 saturated heterocycles. The number of rotatable bonds is 20. The molecule has 0 saturated carbocycles. The Morgan fingerprint density at radius 1 is 0.800 bits per heavy atom. The molecule has 0 aromatic rings. The van der Waals surface area contributed by atoms with Crippen LogP contribution < -0.4 is 68.9 Å². The van der Waals surface area contributed by atoms with E-state index in [1.165, 1.54) is 57.8 Å². The second-order valence-corrected chi connectivity index (χ2v) is 9.49. The van der Waals surface area contributed by atoms with Crippen molar-refractivity contribution in [3.8, 4) is 47.9 Å². The maximum atomic E-state index is 12.1. The molecule has 0 aliphatic rings. The van der Waals surface area contributed by atoms with Crippen LogP contribution in [-0.4, -0.2) is 31.3 Å². The monoisotopic (exact) mass is 626 g/mol. The number of phosphoric acid groups is 1. The van der Waals surface area contributed by atoms with E-state index in [4.69, 9.17) is 15.9 Å². The number of hydrogen-bond donors (Lipinski definition) is 0. The zero-order valence-corrected chi connectivity index (χ0v) is 30.1. The molecular formula is C28H53Na2O8PS. The first-order valence-corrected chi connectivity index (χ1v) is 14.2. The zero-order chi connectivity index (χ0) is 27.6. The third kappa shape index (κ3) is 35.7. The Morgan fingerprint density at radius 2 is 1.27 bits per heavy atom. The van der Waals surface area contributed by atoms with Gasteiger partial charge in [0.05, 0.1) is 14.4 Å². The summed E-state index contributed by atoms with van der Waals surface area (Å²) in [6.45, 7) is 0.914. The molecule has 8 nitrogen and oxygen atoms in total. The average molecular weight is 627 g/mol. The van der Waals surface area contributed by atoms with Crippen LogP contribution in [0.3, 0.4) is 0 Å². The molecule has 0 aliphatic heterocycles. The topological polar surface area (TPSA) is 125 Å². The molecule has 0 radical (unpaired) electrons. The summed E-state index contributed by atoms with van der Waals surface area (Å²) in [5.41, 5.74) is 0. The maximum Gasteiger partial charge on any atom is 1.00 e. The van der Waals surface area contributed by atoms with Gasteiger partial charge in [-0.2, -0.15) is 13.5 Å². The van der Waals surface area contributed by atoms with Crippen molar-refractivity contribution < 1.29 is 107 Å². The van der Waals surface area contributed by atoms with Crippen molar-refractivity contribution in [2.75, 3.05) is 13.2 Å². The van der Waals surface area contributed by atoms with Crippen molar-refractivity contribution in [2.24, 2.45) is 0 Å². The molecule has 0 N–H and O–H groups in total. The molecule has 0 unspecified atom stereocenters. The molecule has 0 fully saturated rings. The van der Waals surface area contributed by atoms with Crippen LogP contribution in [0.25, 0.3) is 0 Å². The Hall–Kier alpha value is -0.360. The molecule has 0 rings (SSSR count). The molecule has 12 heteroatoms. The number of carbonyl (C=O) groups excluding carboxylic acids is 2. The van der Waals surface area contributed by atoms with Crippen LogP contribution in [0.15, 0.2) is 0 Å². The zero-order valence-electron chi connectivity index (χ0n) is 24.2. The first-order valence-electron chi connectivity index (χ1n) is 12.8. The number of esters is 2. The van der Waals surface area contributed by atoms with Gasteiger partial charge in [0.15, 0.2) is 6.10 Å². The standard InChI is InChI=1S/C28H39O8P.2Na.H2S.7H2/c1-3-5-7-9-11-12-13-14-15-16-17-19-21-23-28(30)36-26(25-35-37(31,32)33)24-34-27(29)22-20-18-10-8-6-4-2;;;;;;;;;;/h2,26H,3,5,7,9,11-17,19,21,23-25H2,1H3,(H2,31,32,33);;;1H2;7*1H/q;2*+1;;;;;;;;/p-2/t26-;;;;;;;;;;/m1........../s1. The summed E-state index contributed by atoms with van der Waals surface area (Å²) < 4.78 is 24.9. The smallest absolute Gasteiger partial charge is 0.790 e. The molecule has 0 aromatic carbocycles. The van der Waals surface area contributed by atoms with E-state index in [2.05, 4.69) is 52.9 Å². The second kappa shape index (κ2) is 33.1. The van der Waals surface area contributed by atoms with E-state index >= 15 is 0 Å². The molecule has 0 amide bonds. The van der Waals surface area contributed by atoms with Crippen LogP contribution in [0.2, 0.25) is 0 Å².